The molecule has 0 rings (SSSR count). The number of alkyl halides is 1. The van der Waals surface area contributed by atoms with Gasteiger partial charge in [-0.25, -0.2) is 4.39 Å². The molecular weight excluding hydrogens is 193 g/mol. The molecule has 0 aliphatic carbocycles. The SMILES string of the molecule is CCCC[C@H](C(C)C)[C@@H](CF)NC(C)=O. The molecule has 0 spiro atoms. The highest BCUT2D eigenvalue weighted by atomic mass is 19.1. The Morgan fingerprint density at radius 3 is 2.33 bits per heavy atom. The fourth-order valence-corrected chi connectivity index (χ4v) is 1.96. The number of unbranched alkanes of at least 4 members (excludes halogenated alkanes) is 1. The molecule has 90 valence electrons. The first kappa shape index (κ1) is 14.4. The van der Waals surface area contributed by atoms with Crippen LogP contribution in [0.15, 0.2) is 0 Å². The zero-order valence-corrected chi connectivity index (χ0v) is 10.3. The minimum Gasteiger partial charge on any atom is -0.351 e. The van der Waals surface area contributed by atoms with Crippen molar-refractivity contribution in [3.05, 3.63) is 0 Å². The fraction of sp³-hybridized carbons (Fsp3) is 0.917. The first-order valence-corrected chi connectivity index (χ1v) is 5.86. The van der Waals surface area contributed by atoms with E-state index >= 15 is 0 Å². The van der Waals surface area contributed by atoms with Gasteiger partial charge in [0, 0.05) is 6.92 Å². The molecule has 2 atom stereocenters. The van der Waals surface area contributed by atoms with Gasteiger partial charge in [-0.05, 0) is 18.3 Å². The highest BCUT2D eigenvalue weighted by molar-refractivity contribution is 5.73. The lowest BCUT2D eigenvalue weighted by molar-refractivity contribution is -0.120. The molecule has 0 bridgehead atoms. The summed E-state index contributed by atoms with van der Waals surface area (Å²) in [6.07, 6.45) is 3.20. The summed E-state index contributed by atoms with van der Waals surface area (Å²) in [5.74, 6) is 0.516. The summed E-state index contributed by atoms with van der Waals surface area (Å²) in [5, 5.41) is 2.71. The number of amides is 1. The zero-order valence-electron chi connectivity index (χ0n) is 10.3. The van der Waals surface area contributed by atoms with Crippen LogP contribution in [0.4, 0.5) is 4.39 Å². The van der Waals surface area contributed by atoms with E-state index in [1.807, 2.05) is 0 Å². The third kappa shape index (κ3) is 5.75. The summed E-state index contributed by atoms with van der Waals surface area (Å²) in [6.45, 7) is 7.28. The highest BCUT2D eigenvalue weighted by Gasteiger charge is 2.24. The van der Waals surface area contributed by atoms with Crippen LogP contribution in [-0.2, 0) is 4.79 Å². The Hall–Kier alpha value is -0.600. The predicted molar refractivity (Wildman–Crippen MR) is 61.4 cm³/mol. The summed E-state index contributed by atoms with van der Waals surface area (Å²) in [7, 11) is 0. The number of rotatable bonds is 7. The molecule has 3 heteroatoms. The highest BCUT2D eigenvalue weighted by Crippen LogP contribution is 2.22. The van der Waals surface area contributed by atoms with Crippen molar-refractivity contribution in [2.24, 2.45) is 11.8 Å². The van der Waals surface area contributed by atoms with Gasteiger partial charge in [-0.1, -0.05) is 33.6 Å². The molecule has 0 unspecified atom stereocenters. The van der Waals surface area contributed by atoms with E-state index in [0.717, 1.165) is 19.3 Å². The summed E-state index contributed by atoms with van der Waals surface area (Å²) in [5.41, 5.74) is 0. The van der Waals surface area contributed by atoms with Gasteiger partial charge in [0.25, 0.3) is 0 Å². The zero-order chi connectivity index (χ0) is 11.8. The number of halogens is 1. The van der Waals surface area contributed by atoms with Gasteiger partial charge in [0.1, 0.15) is 6.67 Å². The minimum absolute atomic E-state index is 0.139. The minimum atomic E-state index is -0.466. The average Bonchev–Trinajstić information content (AvgIpc) is 2.15. The molecule has 1 N–H and O–H groups in total. The quantitative estimate of drug-likeness (QED) is 0.698. The summed E-state index contributed by atoms with van der Waals surface area (Å²) < 4.78 is 12.8. The van der Waals surface area contributed by atoms with Crippen molar-refractivity contribution in [1.82, 2.24) is 5.32 Å². The van der Waals surface area contributed by atoms with Crippen LogP contribution in [-0.4, -0.2) is 18.6 Å². The van der Waals surface area contributed by atoms with Gasteiger partial charge in [0.2, 0.25) is 5.91 Å². The smallest absolute Gasteiger partial charge is 0.217 e. The molecular formula is C12H24FNO. The Morgan fingerprint density at radius 2 is 2.00 bits per heavy atom. The third-order valence-electron chi connectivity index (χ3n) is 2.82. The second-order valence-corrected chi connectivity index (χ2v) is 4.51. The van der Waals surface area contributed by atoms with Crippen molar-refractivity contribution in [1.29, 1.82) is 0 Å². The lowest BCUT2D eigenvalue weighted by atomic mass is 9.84. The van der Waals surface area contributed by atoms with Crippen molar-refractivity contribution in [2.75, 3.05) is 6.67 Å². The van der Waals surface area contributed by atoms with Crippen molar-refractivity contribution in [3.63, 3.8) is 0 Å². The van der Waals surface area contributed by atoms with Crippen LogP contribution in [0, 0.1) is 11.8 Å². The van der Waals surface area contributed by atoms with E-state index < -0.39 is 6.67 Å². The van der Waals surface area contributed by atoms with Gasteiger partial charge < -0.3 is 5.32 Å². The molecule has 0 aromatic heterocycles. The van der Waals surface area contributed by atoms with Crippen LogP contribution in [0.25, 0.3) is 0 Å². The Bertz CT molecular complexity index is 182. The van der Waals surface area contributed by atoms with Crippen LogP contribution < -0.4 is 5.32 Å². The Balaban J connectivity index is 4.33. The van der Waals surface area contributed by atoms with E-state index in [1.54, 1.807) is 0 Å². The van der Waals surface area contributed by atoms with E-state index in [2.05, 4.69) is 26.1 Å². The number of hydrogen-bond donors (Lipinski definition) is 1. The Labute approximate surface area is 92.6 Å². The van der Waals surface area contributed by atoms with E-state index in [0.29, 0.717) is 5.92 Å². The maximum absolute atomic E-state index is 12.8. The molecule has 2 nitrogen and oxygen atoms in total. The molecule has 0 aliphatic rings. The van der Waals surface area contributed by atoms with E-state index in [4.69, 9.17) is 0 Å². The van der Waals surface area contributed by atoms with Gasteiger partial charge in [0.05, 0.1) is 6.04 Å². The van der Waals surface area contributed by atoms with Crippen LogP contribution in [0.3, 0.4) is 0 Å². The molecule has 0 fully saturated rings. The lowest BCUT2D eigenvalue weighted by Crippen LogP contribution is -2.42. The van der Waals surface area contributed by atoms with Gasteiger partial charge in [-0.3, -0.25) is 4.79 Å². The molecule has 0 aliphatic heterocycles. The first-order chi connectivity index (χ1) is 7.02. The summed E-state index contributed by atoms with van der Waals surface area (Å²) in [4.78, 5) is 10.9. The Kier molecular flexibility index (Phi) is 7.35. The maximum atomic E-state index is 12.8. The molecule has 0 radical (unpaired) electrons. The first-order valence-electron chi connectivity index (χ1n) is 5.86. The van der Waals surface area contributed by atoms with Crippen LogP contribution in [0.1, 0.15) is 47.0 Å². The topological polar surface area (TPSA) is 29.1 Å². The fourth-order valence-electron chi connectivity index (χ4n) is 1.96. The second-order valence-electron chi connectivity index (χ2n) is 4.51. The standard InChI is InChI=1S/C12H24FNO/c1-5-6-7-11(9(2)3)12(8-13)14-10(4)15/h9,11-12H,5-8H2,1-4H3,(H,14,15)/t11-,12-/m1/s1. The molecule has 1 amide bonds. The van der Waals surface area contributed by atoms with Gasteiger partial charge in [-0.2, -0.15) is 0 Å². The van der Waals surface area contributed by atoms with Crippen molar-refractivity contribution in [2.45, 2.75) is 53.0 Å². The summed E-state index contributed by atoms with van der Waals surface area (Å²) >= 11 is 0. The van der Waals surface area contributed by atoms with Crippen molar-refractivity contribution < 1.29 is 9.18 Å². The molecule has 0 aromatic rings. The number of nitrogens with one attached hydrogen (secondary N) is 1. The van der Waals surface area contributed by atoms with Gasteiger partial charge in [-0.15, -0.1) is 0 Å². The second kappa shape index (κ2) is 7.66. The van der Waals surface area contributed by atoms with Crippen LogP contribution in [0.5, 0.6) is 0 Å². The monoisotopic (exact) mass is 217 g/mol. The molecule has 0 saturated carbocycles. The van der Waals surface area contributed by atoms with Gasteiger partial charge in [0.15, 0.2) is 0 Å². The third-order valence-corrected chi connectivity index (χ3v) is 2.82. The Morgan fingerprint density at radius 1 is 1.40 bits per heavy atom. The largest absolute Gasteiger partial charge is 0.351 e. The maximum Gasteiger partial charge on any atom is 0.217 e. The molecule has 15 heavy (non-hydrogen) atoms. The number of carbonyl (C=O) groups excluding carboxylic acids is 1. The van der Waals surface area contributed by atoms with Gasteiger partial charge >= 0.3 is 0 Å². The van der Waals surface area contributed by atoms with Crippen molar-refractivity contribution >= 4 is 5.91 Å². The van der Waals surface area contributed by atoms with Crippen molar-refractivity contribution in [3.8, 4) is 0 Å². The predicted octanol–water partition coefficient (Wildman–Crippen LogP) is 2.92. The van der Waals surface area contributed by atoms with E-state index in [9.17, 15) is 9.18 Å². The number of carbonyl (C=O) groups is 1. The van der Waals surface area contributed by atoms with E-state index in [-0.39, 0.29) is 17.9 Å². The number of hydrogen-bond acceptors (Lipinski definition) is 1. The summed E-state index contributed by atoms with van der Waals surface area (Å²) in [6, 6.07) is -0.311. The van der Waals surface area contributed by atoms with Crippen LogP contribution >= 0.6 is 0 Å². The van der Waals surface area contributed by atoms with E-state index in [1.165, 1.54) is 6.92 Å². The molecule has 0 heterocycles. The molecule has 0 saturated heterocycles. The average molecular weight is 217 g/mol. The normalized spacial score (nSPS) is 15.1. The van der Waals surface area contributed by atoms with Crippen LogP contribution in [0.2, 0.25) is 0 Å². The lowest BCUT2D eigenvalue weighted by Gasteiger charge is -2.28. The molecule has 0 aromatic carbocycles.